The first kappa shape index (κ1) is 19.0. The highest BCUT2D eigenvalue weighted by Crippen LogP contribution is 2.33. The zero-order valence-electron chi connectivity index (χ0n) is 14.3. The monoisotopic (exact) mass is 354 g/mol. The summed E-state index contributed by atoms with van der Waals surface area (Å²) in [7, 11) is 0. The first-order chi connectivity index (χ1) is 11.6. The topological polar surface area (TPSA) is 40.6 Å². The van der Waals surface area contributed by atoms with Crippen molar-refractivity contribution in [1.82, 2.24) is 4.90 Å². The average Bonchev–Trinajstić information content (AvgIpc) is 2.93. The van der Waals surface area contributed by atoms with Crippen molar-refractivity contribution in [2.45, 2.75) is 26.4 Å². The highest BCUT2D eigenvalue weighted by Gasteiger charge is 2.38. The summed E-state index contributed by atoms with van der Waals surface area (Å²) >= 11 is 0. The Labute approximate surface area is 144 Å². The number of carbonyl (C=O) groups is 2. The molecular weight excluding hydrogens is 333 g/mol. The van der Waals surface area contributed by atoms with Crippen LogP contribution in [0.3, 0.4) is 0 Å². The van der Waals surface area contributed by atoms with E-state index in [4.69, 9.17) is 0 Å². The van der Waals surface area contributed by atoms with Gasteiger partial charge in [-0.1, -0.05) is 18.2 Å². The van der Waals surface area contributed by atoms with Crippen LogP contribution in [-0.4, -0.2) is 36.3 Å². The molecule has 1 aliphatic rings. The lowest BCUT2D eigenvalue weighted by molar-refractivity contribution is -0.137. The van der Waals surface area contributed by atoms with E-state index in [0.717, 1.165) is 17.7 Å². The van der Waals surface area contributed by atoms with Crippen molar-refractivity contribution < 1.29 is 22.8 Å². The molecule has 1 fully saturated rings. The van der Waals surface area contributed by atoms with Crippen molar-refractivity contribution in [2.24, 2.45) is 5.92 Å². The molecule has 0 N–H and O–H groups in total. The Hall–Kier alpha value is -2.31. The van der Waals surface area contributed by atoms with E-state index in [2.05, 4.69) is 6.58 Å². The van der Waals surface area contributed by atoms with E-state index in [1.807, 2.05) is 13.8 Å². The molecule has 1 aromatic rings. The van der Waals surface area contributed by atoms with Gasteiger partial charge in [-0.25, -0.2) is 0 Å². The van der Waals surface area contributed by atoms with Crippen molar-refractivity contribution in [3.05, 3.63) is 42.0 Å². The molecule has 0 bridgehead atoms. The lowest BCUT2D eigenvalue weighted by atomic mass is 10.1. The van der Waals surface area contributed by atoms with Gasteiger partial charge in [-0.05, 0) is 32.0 Å². The van der Waals surface area contributed by atoms with Gasteiger partial charge >= 0.3 is 6.18 Å². The van der Waals surface area contributed by atoms with Crippen LogP contribution in [0.15, 0.2) is 36.4 Å². The maximum Gasteiger partial charge on any atom is 0.416 e. The van der Waals surface area contributed by atoms with Crippen LogP contribution >= 0.6 is 0 Å². The Kier molecular flexibility index (Phi) is 5.55. The minimum atomic E-state index is -4.48. The molecule has 2 amide bonds. The molecule has 0 aliphatic carbocycles. The molecule has 0 aromatic heterocycles. The molecule has 0 spiro atoms. The fourth-order valence-corrected chi connectivity index (χ4v) is 2.90. The first-order valence-corrected chi connectivity index (χ1v) is 8.04. The number of alkyl halides is 3. The zero-order chi connectivity index (χ0) is 18.8. The predicted molar refractivity (Wildman–Crippen MR) is 89.0 cm³/mol. The highest BCUT2D eigenvalue weighted by molar-refractivity contribution is 6.00. The smallest absolute Gasteiger partial charge is 0.339 e. The van der Waals surface area contributed by atoms with Crippen molar-refractivity contribution in [2.75, 3.05) is 24.5 Å². The highest BCUT2D eigenvalue weighted by atomic mass is 19.4. The number of amides is 2. The van der Waals surface area contributed by atoms with Gasteiger partial charge in [0, 0.05) is 31.7 Å². The van der Waals surface area contributed by atoms with Crippen molar-refractivity contribution >= 4 is 17.5 Å². The van der Waals surface area contributed by atoms with E-state index in [1.54, 1.807) is 4.90 Å². The molecular formula is C18H21F3N2O2. The van der Waals surface area contributed by atoms with Gasteiger partial charge in [0.1, 0.15) is 0 Å². The van der Waals surface area contributed by atoms with Gasteiger partial charge < -0.3 is 9.80 Å². The molecule has 1 heterocycles. The molecule has 7 heteroatoms. The molecule has 0 radical (unpaired) electrons. The minimum Gasteiger partial charge on any atom is -0.339 e. The molecule has 1 aromatic carbocycles. The summed E-state index contributed by atoms with van der Waals surface area (Å²) < 4.78 is 38.6. The fourth-order valence-electron chi connectivity index (χ4n) is 2.90. The van der Waals surface area contributed by atoms with Crippen LogP contribution in [0.1, 0.15) is 25.8 Å². The van der Waals surface area contributed by atoms with Crippen LogP contribution in [0.5, 0.6) is 0 Å². The van der Waals surface area contributed by atoms with Crippen LogP contribution in [0.25, 0.3) is 0 Å². The molecule has 2 rings (SSSR count). The van der Waals surface area contributed by atoms with Gasteiger partial charge in [-0.15, -0.1) is 0 Å². The second-order valence-electron chi connectivity index (χ2n) is 6.26. The van der Waals surface area contributed by atoms with Crippen molar-refractivity contribution in [3.8, 4) is 0 Å². The molecule has 136 valence electrons. The summed E-state index contributed by atoms with van der Waals surface area (Å²) in [6, 6.07) is 4.61. The summed E-state index contributed by atoms with van der Waals surface area (Å²) in [4.78, 5) is 27.7. The van der Waals surface area contributed by atoms with E-state index in [-0.39, 0.29) is 30.5 Å². The second kappa shape index (κ2) is 7.29. The van der Waals surface area contributed by atoms with E-state index < -0.39 is 17.7 Å². The van der Waals surface area contributed by atoms with Crippen LogP contribution in [-0.2, 0) is 15.8 Å². The van der Waals surface area contributed by atoms with E-state index in [0.29, 0.717) is 13.1 Å². The van der Waals surface area contributed by atoms with Crippen LogP contribution in [0, 0.1) is 5.92 Å². The third-order valence-corrected chi connectivity index (χ3v) is 4.11. The third kappa shape index (κ3) is 4.41. The Balaban J connectivity index is 2.17. The number of hydrogen-bond donors (Lipinski definition) is 0. The molecule has 4 nitrogen and oxygen atoms in total. The van der Waals surface area contributed by atoms with E-state index in [9.17, 15) is 22.8 Å². The molecule has 25 heavy (non-hydrogen) atoms. The number of anilines is 1. The zero-order valence-corrected chi connectivity index (χ0v) is 14.3. The number of nitrogens with zero attached hydrogens (tertiary/aromatic N) is 2. The number of halogens is 3. The second-order valence-corrected chi connectivity index (χ2v) is 6.26. The first-order valence-electron chi connectivity index (χ1n) is 8.04. The number of benzene rings is 1. The van der Waals surface area contributed by atoms with Crippen molar-refractivity contribution in [1.29, 1.82) is 0 Å². The van der Waals surface area contributed by atoms with Gasteiger partial charge in [0.15, 0.2) is 0 Å². The minimum absolute atomic E-state index is 0.00176. The molecule has 1 aliphatic heterocycles. The van der Waals surface area contributed by atoms with Crippen LogP contribution in [0.2, 0.25) is 0 Å². The van der Waals surface area contributed by atoms with Crippen LogP contribution in [0.4, 0.5) is 18.9 Å². The van der Waals surface area contributed by atoms with Gasteiger partial charge in [0.05, 0.1) is 11.5 Å². The lowest BCUT2D eigenvalue weighted by Gasteiger charge is -2.24. The summed E-state index contributed by atoms with van der Waals surface area (Å²) in [5.41, 5.74) is 0.178. The van der Waals surface area contributed by atoms with Crippen LogP contribution < -0.4 is 4.90 Å². The predicted octanol–water partition coefficient (Wildman–Crippen LogP) is 3.48. The largest absolute Gasteiger partial charge is 0.416 e. The van der Waals surface area contributed by atoms with Gasteiger partial charge in [0.25, 0.3) is 0 Å². The number of rotatable bonds is 5. The summed E-state index contributed by atoms with van der Waals surface area (Å²) in [5.74, 6) is -1.07. The number of hydrogen-bond acceptors (Lipinski definition) is 2. The third-order valence-electron chi connectivity index (χ3n) is 4.11. The fraction of sp³-hybridized carbons (Fsp3) is 0.444. The number of carbonyl (C=O) groups excluding carboxylic acids is 2. The van der Waals surface area contributed by atoms with Gasteiger partial charge in [-0.2, -0.15) is 13.2 Å². The number of likely N-dealkylation sites (N-methyl/N-ethyl adjacent to an activating group) is 1. The quantitative estimate of drug-likeness (QED) is 0.760. The normalized spacial score (nSPS) is 17.7. The summed E-state index contributed by atoms with van der Waals surface area (Å²) in [6.07, 6.45) is -4.48. The van der Waals surface area contributed by atoms with Gasteiger partial charge in [0.2, 0.25) is 11.8 Å². The summed E-state index contributed by atoms with van der Waals surface area (Å²) in [5, 5.41) is 0. The average molecular weight is 354 g/mol. The molecule has 0 saturated carbocycles. The van der Waals surface area contributed by atoms with E-state index >= 15 is 0 Å². The Bertz CT molecular complexity index is 685. The Morgan fingerprint density at radius 3 is 2.64 bits per heavy atom. The Morgan fingerprint density at radius 2 is 2.08 bits per heavy atom. The van der Waals surface area contributed by atoms with E-state index in [1.165, 1.54) is 17.0 Å². The maximum atomic E-state index is 12.9. The maximum absolute atomic E-state index is 12.9. The van der Waals surface area contributed by atoms with Gasteiger partial charge in [-0.3, -0.25) is 9.59 Å². The standard InChI is InChI=1S/C18H21F3N2O2/c1-4-22(10-12(2)3)17(25)13-8-16(24)23(11-13)15-7-5-6-14(9-15)18(19,20)21/h5-7,9,13H,2,4,8,10-11H2,1,3H3. The Morgan fingerprint density at radius 1 is 1.40 bits per heavy atom. The van der Waals surface area contributed by atoms with Crippen molar-refractivity contribution in [3.63, 3.8) is 0 Å². The summed E-state index contributed by atoms with van der Waals surface area (Å²) in [6.45, 7) is 8.41. The SMILES string of the molecule is C=C(C)CN(CC)C(=O)C1CC(=O)N(c2cccc(C(F)(F)F)c2)C1. The lowest BCUT2D eigenvalue weighted by Crippen LogP contribution is -2.38. The molecule has 1 unspecified atom stereocenters. The molecule has 1 saturated heterocycles. The molecule has 1 atom stereocenters.